The molecule has 0 bridgehead atoms. The summed E-state index contributed by atoms with van der Waals surface area (Å²) in [6, 6.07) is 21.9. The molecule has 0 aliphatic rings. The predicted molar refractivity (Wildman–Crippen MR) is 133 cm³/mol. The van der Waals surface area contributed by atoms with Gasteiger partial charge in [-0.25, -0.2) is 13.8 Å². The van der Waals surface area contributed by atoms with Crippen molar-refractivity contribution in [1.82, 2.24) is 5.43 Å². The second kappa shape index (κ2) is 10.8. The van der Waals surface area contributed by atoms with Gasteiger partial charge in [0.1, 0.15) is 6.54 Å². The van der Waals surface area contributed by atoms with Crippen LogP contribution in [0.15, 0.2) is 88.9 Å². The number of hydrogen-bond acceptors (Lipinski definition) is 5. The minimum absolute atomic E-state index is 0.0872. The van der Waals surface area contributed by atoms with Gasteiger partial charge in [0.25, 0.3) is 15.9 Å². The number of anilines is 2. The fraction of sp³-hybridized carbons (Fsp3) is 0.160. The third-order valence-corrected chi connectivity index (χ3v) is 6.68. The molecule has 34 heavy (non-hydrogen) atoms. The van der Waals surface area contributed by atoms with Crippen molar-refractivity contribution in [3.05, 3.63) is 90.0 Å². The highest BCUT2D eigenvalue weighted by Gasteiger charge is 2.27. The Bertz CT molecular complexity index is 1300. The Labute approximate surface area is 199 Å². The number of hydrazone groups is 1. The lowest BCUT2D eigenvalue weighted by Gasteiger charge is -2.23. The van der Waals surface area contributed by atoms with Crippen LogP contribution >= 0.6 is 0 Å². The molecule has 0 fully saturated rings. The zero-order valence-electron chi connectivity index (χ0n) is 19.1. The highest BCUT2D eigenvalue weighted by atomic mass is 32.2. The lowest BCUT2D eigenvalue weighted by atomic mass is 10.1. The quantitative estimate of drug-likeness (QED) is 0.380. The van der Waals surface area contributed by atoms with Crippen LogP contribution in [-0.2, 0) is 19.6 Å². The highest BCUT2D eigenvalue weighted by Crippen LogP contribution is 2.23. The van der Waals surface area contributed by atoms with Crippen LogP contribution in [-0.4, -0.2) is 32.5 Å². The minimum atomic E-state index is -3.99. The van der Waals surface area contributed by atoms with Gasteiger partial charge in [-0.2, -0.15) is 5.10 Å². The minimum Gasteiger partial charge on any atom is -0.326 e. The van der Waals surface area contributed by atoms with Gasteiger partial charge < -0.3 is 5.32 Å². The normalized spacial score (nSPS) is 11.6. The van der Waals surface area contributed by atoms with E-state index in [9.17, 15) is 18.0 Å². The van der Waals surface area contributed by atoms with Crippen LogP contribution in [0.3, 0.4) is 0 Å². The number of para-hydroxylation sites is 1. The largest absolute Gasteiger partial charge is 0.326 e. The van der Waals surface area contributed by atoms with Crippen molar-refractivity contribution in [3.8, 4) is 0 Å². The summed E-state index contributed by atoms with van der Waals surface area (Å²) in [6.45, 7) is 4.52. The second-order valence-electron chi connectivity index (χ2n) is 7.65. The molecule has 0 spiro atoms. The number of nitrogens with one attached hydrogen (secondary N) is 2. The first-order valence-corrected chi connectivity index (χ1v) is 12.0. The molecule has 0 aromatic heterocycles. The third-order valence-electron chi connectivity index (χ3n) is 4.89. The summed E-state index contributed by atoms with van der Waals surface area (Å²) >= 11 is 0. The number of benzene rings is 3. The molecule has 0 radical (unpaired) electrons. The molecule has 0 unspecified atom stereocenters. The van der Waals surface area contributed by atoms with Crippen LogP contribution in [0.25, 0.3) is 0 Å². The third kappa shape index (κ3) is 6.29. The smallest absolute Gasteiger partial charge is 0.264 e. The van der Waals surface area contributed by atoms with Gasteiger partial charge in [-0.1, -0.05) is 48.0 Å². The van der Waals surface area contributed by atoms with E-state index in [0.29, 0.717) is 22.6 Å². The van der Waals surface area contributed by atoms with Crippen LogP contribution in [0.1, 0.15) is 25.0 Å². The van der Waals surface area contributed by atoms with Crippen molar-refractivity contribution in [2.24, 2.45) is 5.10 Å². The lowest BCUT2D eigenvalue weighted by molar-refractivity contribution is -0.119. The van der Waals surface area contributed by atoms with Crippen LogP contribution in [0, 0.1) is 6.92 Å². The SMILES string of the molecule is CC(=O)Nc1cccc(/C(C)=N\NC(=O)CN(c2ccccc2)S(=O)(=O)c2ccc(C)cc2)c1. The molecule has 0 aliphatic heterocycles. The summed E-state index contributed by atoms with van der Waals surface area (Å²) in [5.41, 5.74) is 5.51. The van der Waals surface area contributed by atoms with Crippen molar-refractivity contribution in [3.63, 3.8) is 0 Å². The maximum Gasteiger partial charge on any atom is 0.264 e. The molecule has 0 atom stereocenters. The van der Waals surface area contributed by atoms with E-state index in [0.717, 1.165) is 9.87 Å². The van der Waals surface area contributed by atoms with Crippen LogP contribution in [0.5, 0.6) is 0 Å². The molecule has 2 N–H and O–H groups in total. The van der Waals surface area contributed by atoms with Crippen molar-refractivity contribution in [2.45, 2.75) is 25.7 Å². The fourth-order valence-corrected chi connectivity index (χ4v) is 4.57. The van der Waals surface area contributed by atoms with E-state index < -0.39 is 22.5 Å². The van der Waals surface area contributed by atoms with Crippen LogP contribution in [0.4, 0.5) is 11.4 Å². The molecular weight excluding hydrogens is 452 g/mol. The molecule has 8 nitrogen and oxygen atoms in total. The summed E-state index contributed by atoms with van der Waals surface area (Å²) in [4.78, 5) is 24.1. The van der Waals surface area contributed by atoms with Gasteiger partial charge in [-0.3, -0.25) is 13.9 Å². The van der Waals surface area contributed by atoms with Crippen LogP contribution in [0.2, 0.25) is 0 Å². The number of hydrogen-bond donors (Lipinski definition) is 2. The average molecular weight is 479 g/mol. The Kier molecular flexibility index (Phi) is 7.80. The topological polar surface area (TPSA) is 108 Å². The summed E-state index contributed by atoms with van der Waals surface area (Å²) < 4.78 is 27.7. The maximum absolute atomic E-state index is 13.3. The van der Waals surface area contributed by atoms with E-state index in [-0.39, 0.29) is 10.8 Å². The van der Waals surface area contributed by atoms with Gasteiger partial charge in [0.05, 0.1) is 16.3 Å². The number of sulfonamides is 1. The Morgan fingerprint density at radius 2 is 1.59 bits per heavy atom. The molecule has 3 rings (SSSR count). The molecule has 9 heteroatoms. The number of aryl methyl sites for hydroxylation is 1. The molecule has 0 saturated heterocycles. The monoisotopic (exact) mass is 478 g/mol. The Morgan fingerprint density at radius 1 is 0.912 bits per heavy atom. The Balaban J connectivity index is 1.81. The van der Waals surface area contributed by atoms with E-state index in [1.54, 1.807) is 73.7 Å². The zero-order valence-corrected chi connectivity index (χ0v) is 20.0. The number of amides is 2. The number of nitrogens with zero attached hydrogens (tertiary/aromatic N) is 2. The Hall–Kier alpha value is -3.98. The molecule has 0 aliphatic carbocycles. The lowest BCUT2D eigenvalue weighted by Crippen LogP contribution is -2.39. The summed E-state index contributed by atoms with van der Waals surface area (Å²) in [5.74, 6) is -0.798. The number of rotatable bonds is 8. The van der Waals surface area contributed by atoms with Crippen LogP contribution < -0.4 is 15.0 Å². The zero-order chi connectivity index (χ0) is 24.7. The molecule has 0 heterocycles. The van der Waals surface area contributed by atoms with Crippen molar-refractivity contribution in [1.29, 1.82) is 0 Å². The number of carbonyl (C=O) groups excluding carboxylic acids is 2. The number of carbonyl (C=O) groups is 2. The van der Waals surface area contributed by atoms with Gasteiger partial charge in [-0.05, 0) is 55.8 Å². The molecule has 3 aromatic carbocycles. The van der Waals surface area contributed by atoms with Gasteiger partial charge >= 0.3 is 0 Å². The van der Waals surface area contributed by atoms with E-state index in [1.165, 1.54) is 19.1 Å². The van der Waals surface area contributed by atoms with Gasteiger partial charge in [-0.15, -0.1) is 0 Å². The van der Waals surface area contributed by atoms with Crippen molar-refractivity contribution in [2.75, 3.05) is 16.2 Å². The van der Waals surface area contributed by atoms with Gasteiger partial charge in [0, 0.05) is 12.6 Å². The fourth-order valence-electron chi connectivity index (χ4n) is 3.15. The van der Waals surface area contributed by atoms with Crippen molar-refractivity contribution >= 4 is 38.9 Å². The molecule has 176 valence electrons. The van der Waals surface area contributed by atoms with Gasteiger partial charge in [0.2, 0.25) is 5.91 Å². The van der Waals surface area contributed by atoms with E-state index >= 15 is 0 Å². The summed E-state index contributed by atoms with van der Waals surface area (Å²) in [7, 11) is -3.99. The highest BCUT2D eigenvalue weighted by molar-refractivity contribution is 7.92. The first-order chi connectivity index (χ1) is 16.2. The van der Waals surface area contributed by atoms with E-state index in [1.807, 2.05) is 6.92 Å². The summed E-state index contributed by atoms with van der Waals surface area (Å²) in [6.07, 6.45) is 0. The predicted octanol–water partition coefficient (Wildman–Crippen LogP) is 3.69. The first kappa shape index (κ1) is 24.7. The standard InChI is InChI=1S/C25H26N4O4S/c1-18-12-14-24(15-13-18)34(32,33)29(23-10-5-4-6-11-23)17-25(31)28-27-19(2)21-8-7-9-22(16-21)26-20(3)30/h4-16H,17H2,1-3H3,(H,26,30)(H,28,31)/b27-19-. The average Bonchev–Trinajstić information content (AvgIpc) is 2.81. The maximum atomic E-state index is 13.3. The molecule has 3 aromatic rings. The first-order valence-electron chi connectivity index (χ1n) is 10.5. The molecule has 2 amide bonds. The van der Waals surface area contributed by atoms with E-state index in [2.05, 4.69) is 15.8 Å². The van der Waals surface area contributed by atoms with Gasteiger partial charge in [0.15, 0.2) is 0 Å². The molecular formula is C25H26N4O4S. The van der Waals surface area contributed by atoms with Crippen molar-refractivity contribution < 1.29 is 18.0 Å². The second-order valence-corrected chi connectivity index (χ2v) is 9.52. The summed E-state index contributed by atoms with van der Waals surface area (Å²) in [5, 5.41) is 6.80. The van der Waals surface area contributed by atoms with E-state index in [4.69, 9.17) is 0 Å². The molecule has 0 saturated carbocycles. The Morgan fingerprint density at radius 3 is 2.24 bits per heavy atom.